The summed E-state index contributed by atoms with van der Waals surface area (Å²) in [4.78, 5) is 22.9. The number of para-hydroxylation sites is 1. The number of benzene rings is 2. The van der Waals surface area contributed by atoms with Gasteiger partial charge in [-0.15, -0.1) is 0 Å². The van der Waals surface area contributed by atoms with Gasteiger partial charge in [0, 0.05) is 55.7 Å². The summed E-state index contributed by atoms with van der Waals surface area (Å²) in [5.74, 6) is -0.144. The first-order valence-corrected chi connectivity index (χ1v) is 9.38. The van der Waals surface area contributed by atoms with E-state index in [2.05, 4.69) is 45.2 Å². The summed E-state index contributed by atoms with van der Waals surface area (Å²) in [5, 5.41) is 1.09. The molecule has 4 aromatic rings. The standard InChI is InChI=1S/C24H23N3O/c1-27(2)19-9-7-18(8-10-19)24(23(28)15-17-11-13-25-14-12-17)21-16-26-22-6-4-3-5-20(21)22/h3-14,16,24,26H,15H2,1-2H3. The third kappa shape index (κ3) is 3.54. The van der Waals surface area contributed by atoms with Crippen molar-refractivity contribution in [2.45, 2.75) is 12.3 Å². The fourth-order valence-corrected chi connectivity index (χ4v) is 3.64. The number of fused-ring (bicyclic) bond motifs is 1. The van der Waals surface area contributed by atoms with E-state index < -0.39 is 0 Å². The second kappa shape index (κ2) is 7.69. The van der Waals surface area contributed by atoms with Crippen molar-refractivity contribution in [3.05, 3.63) is 95.9 Å². The Balaban J connectivity index is 1.77. The van der Waals surface area contributed by atoms with Crippen LogP contribution in [0.2, 0.25) is 0 Å². The van der Waals surface area contributed by atoms with Crippen LogP contribution in [0.4, 0.5) is 5.69 Å². The molecule has 0 amide bonds. The van der Waals surface area contributed by atoms with Gasteiger partial charge in [-0.25, -0.2) is 0 Å². The second-order valence-electron chi connectivity index (χ2n) is 7.21. The summed E-state index contributed by atoms with van der Waals surface area (Å²) in [5.41, 5.74) is 5.17. The number of carbonyl (C=O) groups is 1. The molecule has 0 aliphatic carbocycles. The molecule has 4 nitrogen and oxygen atoms in total. The Hall–Kier alpha value is -3.40. The topological polar surface area (TPSA) is 49.0 Å². The Kier molecular flexibility index (Phi) is 4.94. The van der Waals surface area contributed by atoms with Gasteiger partial charge in [0.15, 0.2) is 0 Å². The minimum atomic E-state index is -0.319. The van der Waals surface area contributed by atoms with Crippen molar-refractivity contribution in [2.75, 3.05) is 19.0 Å². The van der Waals surface area contributed by atoms with Gasteiger partial charge in [0.2, 0.25) is 0 Å². The zero-order chi connectivity index (χ0) is 19.5. The van der Waals surface area contributed by atoms with Crippen molar-refractivity contribution in [1.82, 2.24) is 9.97 Å². The summed E-state index contributed by atoms with van der Waals surface area (Å²) in [7, 11) is 4.03. The molecule has 0 spiro atoms. The highest BCUT2D eigenvalue weighted by Crippen LogP contribution is 2.33. The van der Waals surface area contributed by atoms with Gasteiger partial charge < -0.3 is 9.88 Å². The van der Waals surface area contributed by atoms with Crippen molar-refractivity contribution in [3.8, 4) is 0 Å². The first-order valence-electron chi connectivity index (χ1n) is 9.38. The van der Waals surface area contributed by atoms with E-state index in [1.165, 1.54) is 0 Å². The minimum Gasteiger partial charge on any atom is -0.378 e. The Morgan fingerprint density at radius 2 is 1.71 bits per heavy atom. The zero-order valence-electron chi connectivity index (χ0n) is 16.1. The van der Waals surface area contributed by atoms with E-state index in [0.717, 1.165) is 33.3 Å². The Bertz CT molecular complexity index is 1080. The molecule has 140 valence electrons. The maximum atomic E-state index is 13.4. The molecule has 1 N–H and O–H groups in total. The molecule has 2 aromatic heterocycles. The van der Waals surface area contributed by atoms with Crippen LogP contribution in [0.25, 0.3) is 10.9 Å². The number of pyridine rings is 1. The van der Waals surface area contributed by atoms with Crippen LogP contribution in [0.1, 0.15) is 22.6 Å². The molecule has 1 unspecified atom stereocenters. The number of ketones is 1. The largest absolute Gasteiger partial charge is 0.378 e. The van der Waals surface area contributed by atoms with Crippen molar-refractivity contribution >= 4 is 22.4 Å². The quantitative estimate of drug-likeness (QED) is 0.541. The summed E-state index contributed by atoms with van der Waals surface area (Å²) in [6.45, 7) is 0. The average Bonchev–Trinajstić information content (AvgIpc) is 3.13. The minimum absolute atomic E-state index is 0.175. The van der Waals surface area contributed by atoms with Crippen LogP contribution in [0.3, 0.4) is 0 Å². The number of carbonyl (C=O) groups excluding carboxylic acids is 1. The summed E-state index contributed by atoms with van der Waals surface area (Å²) < 4.78 is 0. The van der Waals surface area contributed by atoms with Gasteiger partial charge in [-0.1, -0.05) is 30.3 Å². The number of anilines is 1. The zero-order valence-corrected chi connectivity index (χ0v) is 16.1. The van der Waals surface area contributed by atoms with Crippen molar-refractivity contribution in [3.63, 3.8) is 0 Å². The van der Waals surface area contributed by atoms with Crippen LogP contribution < -0.4 is 4.90 Å². The van der Waals surface area contributed by atoms with Crippen LogP contribution in [0.5, 0.6) is 0 Å². The van der Waals surface area contributed by atoms with Crippen LogP contribution in [-0.4, -0.2) is 29.8 Å². The van der Waals surface area contributed by atoms with E-state index >= 15 is 0 Å². The predicted molar refractivity (Wildman–Crippen MR) is 114 cm³/mol. The third-order valence-electron chi connectivity index (χ3n) is 5.12. The number of rotatable bonds is 6. The lowest BCUT2D eigenvalue weighted by atomic mass is 9.85. The van der Waals surface area contributed by atoms with Crippen LogP contribution in [0, 0.1) is 0 Å². The molecular weight excluding hydrogens is 346 g/mol. The number of hydrogen-bond donors (Lipinski definition) is 1. The molecule has 2 aromatic carbocycles. The lowest BCUT2D eigenvalue weighted by Crippen LogP contribution is -2.17. The Labute approximate surface area is 164 Å². The summed E-state index contributed by atoms with van der Waals surface area (Å²) in [6.07, 6.45) is 5.81. The molecule has 0 saturated carbocycles. The predicted octanol–water partition coefficient (Wildman–Crippen LogP) is 4.57. The number of aromatic nitrogens is 2. The van der Waals surface area contributed by atoms with Crippen molar-refractivity contribution < 1.29 is 4.79 Å². The highest BCUT2D eigenvalue weighted by atomic mass is 16.1. The first kappa shape index (κ1) is 18.0. The Morgan fingerprint density at radius 1 is 1.00 bits per heavy atom. The first-order chi connectivity index (χ1) is 13.6. The van der Waals surface area contributed by atoms with Gasteiger partial charge >= 0.3 is 0 Å². The number of aromatic amines is 1. The molecule has 4 rings (SSSR count). The molecule has 0 fully saturated rings. The van der Waals surface area contributed by atoms with Gasteiger partial charge in [-0.2, -0.15) is 0 Å². The molecule has 2 heterocycles. The lowest BCUT2D eigenvalue weighted by molar-refractivity contribution is -0.119. The van der Waals surface area contributed by atoms with Crippen LogP contribution in [0.15, 0.2) is 79.3 Å². The van der Waals surface area contributed by atoms with E-state index in [0.29, 0.717) is 6.42 Å². The number of nitrogens with one attached hydrogen (secondary N) is 1. The molecule has 0 bridgehead atoms. The van der Waals surface area contributed by atoms with Gasteiger partial charge in [0.05, 0.1) is 5.92 Å². The van der Waals surface area contributed by atoms with E-state index in [1.807, 2.05) is 50.6 Å². The molecule has 0 aliphatic rings. The van der Waals surface area contributed by atoms with E-state index in [9.17, 15) is 4.79 Å². The van der Waals surface area contributed by atoms with Crippen molar-refractivity contribution in [2.24, 2.45) is 0 Å². The summed E-state index contributed by atoms with van der Waals surface area (Å²) >= 11 is 0. The molecule has 4 heteroatoms. The van der Waals surface area contributed by atoms with E-state index in [4.69, 9.17) is 0 Å². The number of H-pyrrole nitrogens is 1. The summed E-state index contributed by atoms with van der Waals surface area (Å²) in [6, 6.07) is 20.2. The maximum absolute atomic E-state index is 13.4. The third-order valence-corrected chi connectivity index (χ3v) is 5.12. The van der Waals surface area contributed by atoms with Crippen LogP contribution >= 0.6 is 0 Å². The molecular formula is C24H23N3O. The van der Waals surface area contributed by atoms with Crippen molar-refractivity contribution in [1.29, 1.82) is 0 Å². The fraction of sp³-hybridized carbons (Fsp3) is 0.167. The normalized spacial score (nSPS) is 12.1. The Morgan fingerprint density at radius 3 is 2.43 bits per heavy atom. The van der Waals surface area contributed by atoms with Gasteiger partial charge in [-0.3, -0.25) is 9.78 Å². The van der Waals surface area contributed by atoms with E-state index in [-0.39, 0.29) is 11.7 Å². The monoisotopic (exact) mass is 369 g/mol. The second-order valence-corrected chi connectivity index (χ2v) is 7.21. The molecule has 28 heavy (non-hydrogen) atoms. The smallest absolute Gasteiger partial charge is 0.149 e. The maximum Gasteiger partial charge on any atom is 0.149 e. The number of hydrogen-bond acceptors (Lipinski definition) is 3. The molecule has 0 saturated heterocycles. The highest BCUT2D eigenvalue weighted by molar-refractivity contribution is 5.96. The van der Waals surface area contributed by atoms with Gasteiger partial charge in [0.25, 0.3) is 0 Å². The molecule has 1 atom stereocenters. The van der Waals surface area contributed by atoms with Gasteiger partial charge in [0.1, 0.15) is 5.78 Å². The highest BCUT2D eigenvalue weighted by Gasteiger charge is 2.25. The van der Waals surface area contributed by atoms with Crippen LogP contribution in [-0.2, 0) is 11.2 Å². The molecule has 0 aliphatic heterocycles. The lowest BCUT2D eigenvalue weighted by Gasteiger charge is -2.18. The fourth-order valence-electron chi connectivity index (χ4n) is 3.64. The number of Topliss-reactive ketones (excluding diaryl/α,β-unsaturated/α-hetero) is 1. The number of nitrogens with zero attached hydrogens (tertiary/aromatic N) is 2. The average molecular weight is 369 g/mol. The van der Waals surface area contributed by atoms with Gasteiger partial charge in [-0.05, 0) is 47.0 Å². The van der Waals surface area contributed by atoms with E-state index in [1.54, 1.807) is 12.4 Å². The SMILES string of the molecule is CN(C)c1ccc(C(C(=O)Cc2ccncc2)c2c[nH]c3ccccc23)cc1. The molecule has 0 radical (unpaired) electrons.